The van der Waals surface area contributed by atoms with Gasteiger partial charge in [-0.3, -0.25) is 4.79 Å². The number of anilines is 2. The number of rotatable bonds is 1. The number of benzene rings is 1. The molecule has 0 bridgehead atoms. The molecule has 0 aliphatic carbocycles. The summed E-state index contributed by atoms with van der Waals surface area (Å²) in [6.45, 7) is 6.19. The molecule has 2 aromatic rings. The molecule has 104 valence electrons. The molecular weight excluding hydrogens is 268 g/mol. The molecule has 0 spiro atoms. The Bertz CT molecular complexity index is 670. The minimum atomic E-state index is 0.0993. The fourth-order valence-corrected chi connectivity index (χ4v) is 3.73. The quantitative estimate of drug-likeness (QED) is 0.815. The Morgan fingerprint density at radius 1 is 1.35 bits per heavy atom. The Labute approximate surface area is 123 Å². The Hall–Kier alpha value is -1.81. The van der Waals surface area contributed by atoms with Gasteiger partial charge in [-0.1, -0.05) is 0 Å². The standard InChI is InChI=1S/C16H18N2OS/c1-9-6-15(20-11(9)3)16(19)18-10(2)7-12-8-13(17)4-5-14(12)18/h4-6,8,10H,7,17H2,1-3H3. The van der Waals surface area contributed by atoms with Crippen LogP contribution in [0.15, 0.2) is 24.3 Å². The van der Waals surface area contributed by atoms with Crippen LogP contribution in [0, 0.1) is 13.8 Å². The van der Waals surface area contributed by atoms with Crippen LogP contribution in [0.3, 0.4) is 0 Å². The van der Waals surface area contributed by atoms with Gasteiger partial charge in [0.15, 0.2) is 0 Å². The molecule has 2 N–H and O–H groups in total. The van der Waals surface area contributed by atoms with Crippen molar-refractivity contribution < 1.29 is 4.79 Å². The van der Waals surface area contributed by atoms with Gasteiger partial charge in [-0.05, 0) is 62.6 Å². The smallest absolute Gasteiger partial charge is 0.268 e. The molecule has 1 amide bonds. The summed E-state index contributed by atoms with van der Waals surface area (Å²) >= 11 is 1.57. The molecule has 1 aliphatic rings. The van der Waals surface area contributed by atoms with Crippen molar-refractivity contribution in [2.24, 2.45) is 0 Å². The SMILES string of the molecule is Cc1cc(C(=O)N2c3ccc(N)cc3CC2C)sc1C. The lowest BCUT2D eigenvalue weighted by atomic mass is 10.1. The van der Waals surface area contributed by atoms with Gasteiger partial charge in [-0.25, -0.2) is 0 Å². The van der Waals surface area contributed by atoms with Gasteiger partial charge in [0.1, 0.15) is 0 Å². The maximum absolute atomic E-state index is 12.8. The Kier molecular flexibility index (Phi) is 3.05. The molecule has 4 heteroatoms. The maximum Gasteiger partial charge on any atom is 0.268 e. The number of carbonyl (C=O) groups excluding carboxylic acids is 1. The largest absolute Gasteiger partial charge is 0.399 e. The molecule has 20 heavy (non-hydrogen) atoms. The maximum atomic E-state index is 12.8. The van der Waals surface area contributed by atoms with Crippen LogP contribution in [0.1, 0.15) is 32.6 Å². The molecule has 0 saturated heterocycles. The zero-order chi connectivity index (χ0) is 14.4. The number of hydrogen-bond acceptors (Lipinski definition) is 3. The highest BCUT2D eigenvalue weighted by Gasteiger charge is 2.32. The van der Waals surface area contributed by atoms with Crippen molar-refractivity contribution in [1.29, 1.82) is 0 Å². The van der Waals surface area contributed by atoms with E-state index in [0.29, 0.717) is 0 Å². The second kappa shape index (κ2) is 4.63. The lowest BCUT2D eigenvalue weighted by molar-refractivity contribution is 0.0985. The van der Waals surface area contributed by atoms with Crippen molar-refractivity contribution in [2.75, 3.05) is 10.6 Å². The third kappa shape index (κ3) is 2.00. The number of hydrogen-bond donors (Lipinski definition) is 1. The van der Waals surface area contributed by atoms with Gasteiger partial charge < -0.3 is 10.6 Å². The number of amides is 1. The highest BCUT2D eigenvalue weighted by Crippen LogP contribution is 2.35. The summed E-state index contributed by atoms with van der Waals surface area (Å²) in [5.41, 5.74) is 9.93. The Balaban J connectivity index is 2.00. The summed E-state index contributed by atoms with van der Waals surface area (Å²) < 4.78 is 0. The van der Waals surface area contributed by atoms with Crippen LogP contribution in [-0.4, -0.2) is 11.9 Å². The van der Waals surface area contributed by atoms with E-state index in [1.807, 2.05) is 36.1 Å². The predicted octanol–water partition coefficient (Wildman–Crippen LogP) is 3.54. The molecule has 0 fully saturated rings. The third-order valence-electron chi connectivity index (χ3n) is 3.91. The van der Waals surface area contributed by atoms with Crippen molar-refractivity contribution in [1.82, 2.24) is 0 Å². The van der Waals surface area contributed by atoms with E-state index in [1.165, 1.54) is 10.4 Å². The first-order valence-corrected chi connectivity index (χ1v) is 7.58. The van der Waals surface area contributed by atoms with Gasteiger partial charge in [0.05, 0.1) is 4.88 Å². The van der Waals surface area contributed by atoms with Gasteiger partial charge >= 0.3 is 0 Å². The second-order valence-corrected chi connectivity index (χ2v) is 6.72. The first-order chi connectivity index (χ1) is 9.47. The lowest BCUT2D eigenvalue weighted by Gasteiger charge is -2.22. The fourth-order valence-electron chi connectivity index (χ4n) is 2.76. The average molecular weight is 286 g/mol. The van der Waals surface area contributed by atoms with Crippen LogP contribution in [0.4, 0.5) is 11.4 Å². The number of nitrogens with zero attached hydrogens (tertiary/aromatic N) is 1. The topological polar surface area (TPSA) is 46.3 Å². The first-order valence-electron chi connectivity index (χ1n) is 6.76. The van der Waals surface area contributed by atoms with Crippen molar-refractivity contribution in [2.45, 2.75) is 33.2 Å². The van der Waals surface area contributed by atoms with Gasteiger partial charge in [0.25, 0.3) is 5.91 Å². The van der Waals surface area contributed by atoms with Crippen molar-refractivity contribution in [3.8, 4) is 0 Å². The summed E-state index contributed by atoms with van der Waals surface area (Å²) in [5.74, 6) is 0.0993. The van der Waals surface area contributed by atoms with E-state index < -0.39 is 0 Å². The van der Waals surface area contributed by atoms with E-state index in [2.05, 4.69) is 13.8 Å². The van der Waals surface area contributed by atoms with E-state index in [1.54, 1.807) is 11.3 Å². The molecule has 1 aliphatic heterocycles. The van der Waals surface area contributed by atoms with Gasteiger partial charge in [-0.15, -0.1) is 11.3 Å². The number of aryl methyl sites for hydroxylation is 2. The minimum Gasteiger partial charge on any atom is -0.399 e. The Morgan fingerprint density at radius 3 is 2.75 bits per heavy atom. The van der Waals surface area contributed by atoms with Crippen LogP contribution in [-0.2, 0) is 6.42 Å². The van der Waals surface area contributed by atoms with Crippen LogP contribution in [0.2, 0.25) is 0 Å². The molecule has 0 radical (unpaired) electrons. The van der Waals surface area contributed by atoms with Crippen LogP contribution >= 0.6 is 11.3 Å². The predicted molar refractivity (Wildman–Crippen MR) is 84.6 cm³/mol. The van der Waals surface area contributed by atoms with Gasteiger partial charge in [-0.2, -0.15) is 0 Å². The number of fused-ring (bicyclic) bond motifs is 1. The van der Waals surface area contributed by atoms with E-state index in [0.717, 1.165) is 28.2 Å². The van der Waals surface area contributed by atoms with Crippen molar-refractivity contribution >= 4 is 28.6 Å². The number of carbonyl (C=O) groups is 1. The number of nitrogen functional groups attached to an aromatic ring is 1. The zero-order valence-electron chi connectivity index (χ0n) is 11.9. The first kappa shape index (κ1) is 13.2. The summed E-state index contributed by atoms with van der Waals surface area (Å²) in [6.07, 6.45) is 0.870. The monoisotopic (exact) mass is 286 g/mol. The normalized spacial score (nSPS) is 17.4. The highest BCUT2D eigenvalue weighted by molar-refractivity contribution is 7.14. The Morgan fingerprint density at radius 2 is 2.10 bits per heavy atom. The summed E-state index contributed by atoms with van der Waals surface area (Å²) in [6, 6.07) is 7.97. The van der Waals surface area contributed by atoms with Crippen molar-refractivity contribution in [3.05, 3.63) is 45.1 Å². The second-order valence-electron chi connectivity index (χ2n) is 5.47. The molecule has 1 aromatic carbocycles. The lowest BCUT2D eigenvalue weighted by Crippen LogP contribution is -2.35. The molecule has 1 aromatic heterocycles. The van der Waals surface area contributed by atoms with E-state index >= 15 is 0 Å². The van der Waals surface area contributed by atoms with Crippen LogP contribution in [0.25, 0.3) is 0 Å². The van der Waals surface area contributed by atoms with Gasteiger partial charge in [0.2, 0.25) is 0 Å². The molecule has 3 rings (SSSR count). The fraction of sp³-hybridized carbons (Fsp3) is 0.312. The summed E-state index contributed by atoms with van der Waals surface area (Å²) in [4.78, 5) is 16.7. The molecule has 1 atom stereocenters. The van der Waals surface area contributed by atoms with Crippen molar-refractivity contribution in [3.63, 3.8) is 0 Å². The molecule has 3 nitrogen and oxygen atoms in total. The van der Waals surface area contributed by atoms with E-state index in [-0.39, 0.29) is 11.9 Å². The average Bonchev–Trinajstić information content (AvgIpc) is 2.88. The zero-order valence-corrected chi connectivity index (χ0v) is 12.8. The molecule has 0 saturated carbocycles. The number of thiophene rings is 1. The summed E-state index contributed by atoms with van der Waals surface area (Å²) in [5, 5.41) is 0. The van der Waals surface area contributed by atoms with Crippen LogP contribution in [0.5, 0.6) is 0 Å². The van der Waals surface area contributed by atoms with Gasteiger partial charge in [0, 0.05) is 22.3 Å². The molecule has 2 heterocycles. The van der Waals surface area contributed by atoms with E-state index in [4.69, 9.17) is 5.73 Å². The molecular formula is C16H18N2OS. The summed E-state index contributed by atoms with van der Waals surface area (Å²) in [7, 11) is 0. The number of nitrogens with two attached hydrogens (primary N) is 1. The minimum absolute atomic E-state index is 0.0993. The highest BCUT2D eigenvalue weighted by atomic mass is 32.1. The third-order valence-corrected chi connectivity index (χ3v) is 5.06. The molecule has 1 unspecified atom stereocenters. The van der Waals surface area contributed by atoms with E-state index in [9.17, 15) is 4.79 Å². The van der Waals surface area contributed by atoms with Crippen LogP contribution < -0.4 is 10.6 Å².